The zero-order valence-electron chi connectivity index (χ0n) is 14.7. The number of benzene rings is 1. The molecule has 25 heavy (non-hydrogen) atoms. The summed E-state index contributed by atoms with van der Waals surface area (Å²) in [7, 11) is 0. The molecular formula is C19H24N4O2. The number of aromatic nitrogens is 2. The fraction of sp³-hybridized carbons (Fsp3) is 0.421. The lowest BCUT2D eigenvalue weighted by atomic mass is 10.0. The fourth-order valence-electron chi connectivity index (χ4n) is 3.18. The lowest BCUT2D eigenvalue weighted by Gasteiger charge is -2.32. The van der Waals surface area contributed by atoms with E-state index < -0.39 is 0 Å². The number of fused-ring (bicyclic) bond motifs is 1. The maximum atomic E-state index is 12.5. The second-order valence-electron chi connectivity index (χ2n) is 6.61. The topological polar surface area (TPSA) is 78.1 Å². The highest BCUT2D eigenvalue weighted by Gasteiger charge is 2.27. The van der Waals surface area contributed by atoms with Crippen LogP contribution in [0.4, 0.5) is 0 Å². The van der Waals surface area contributed by atoms with Gasteiger partial charge >= 0.3 is 0 Å². The number of hydrogen-bond acceptors (Lipinski definition) is 4. The first-order valence-corrected chi connectivity index (χ1v) is 8.68. The van der Waals surface area contributed by atoms with E-state index in [1.807, 2.05) is 25.1 Å². The largest absolute Gasteiger partial charge is 0.354 e. The molecule has 2 atom stereocenters. The van der Waals surface area contributed by atoms with Gasteiger partial charge in [0, 0.05) is 25.2 Å². The van der Waals surface area contributed by atoms with Crippen molar-refractivity contribution < 1.29 is 4.79 Å². The Morgan fingerprint density at radius 3 is 2.84 bits per heavy atom. The summed E-state index contributed by atoms with van der Waals surface area (Å²) in [5, 5.41) is 3.04. The molecule has 2 N–H and O–H groups in total. The second kappa shape index (κ2) is 7.61. The minimum Gasteiger partial charge on any atom is -0.354 e. The zero-order chi connectivity index (χ0) is 17.8. The molecule has 1 amide bonds. The molecule has 3 rings (SSSR count). The molecule has 1 aromatic carbocycles. The number of H-pyrrole nitrogens is 1. The lowest BCUT2D eigenvalue weighted by molar-refractivity contribution is -0.126. The van der Waals surface area contributed by atoms with Crippen LogP contribution in [0.2, 0.25) is 0 Å². The smallest absolute Gasteiger partial charge is 0.254 e. The van der Waals surface area contributed by atoms with Gasteiger partial charge in [-0.1, -0.05) is 37.3 Å². The molecule has 0 bridgehead atoms. The van der Waals surface area contributed by atoms with E-state index in [1.165, 1.54) is 11.9 Å². The van der Waals surface area contributed by atoms with E-state index in [1.54, 1.807) is 0 Å². The molecule has 132 valence electrons. The number of aromatic amines is 1. The zero-order valence-corrected chi connectivity index (χ0v) is 14.7. The third-order valence-corrected chi connectivity index (χ3v) is 4.92. The van der Waals surface area contributed by atoms with Gasteiger partial charge in [0.15, 0.2) is 0 Å². The van der Waals surface area contributed by atoms with Gasteiger partial charge in [-0.05, 0) is 24.8 Å². The van der Waals surface area contributed by atoms with Crippen molar-refractivity contribution >= 4 is 5.91 Å². The van der Waals surface area contributed by atoms with Crippen molar-refractivity contribution in [1.29, 1.82) is 0 Å². The third-order valence-electron chi connectivity index (χ3n) is 4.92. The van der Waals surface area contributed by atoms with Crippen LogP contribution < -0.4 is 10.9 Å². The molecule has 0 fully saturated rings. The van der Waals surface area contributed by atoms with E-state index in [9.17, 15) is 9.59 Å². The number of carbonyl (C=O) groups excluding carboxylic acids is 1. The third kappa shape index (κ3) is 3.96. The summed E-state index contributed by atoms with van der Waals surface area (Å²) >= 11 is 0. The van der Waals surface area contributed by atoms with Gasteiger partial charge in [-0.3, -0.25) is 14.5 Å². The molecule has 0 aliphatic carbocycles. The summed E-state index contributed by atoms with van der Waals surface area (Å²) in [6.45, 7) is 5.83. The molecular weight excluding hydrogens is 316 g/mol. The molecule has 2 heterocycles. The number of carbonyl (C=O) groups is 1. The average Bonchev–Trinajstić information content (AvgIpc) is 2.65. The summed E-state index contributed by atoms with van der Waals surface area (Å²) in [6.07, 6.45) is 2.05. The average molecular weight is 340 g/mol. The number of nitrogens with zero attached hydrogens (tertiary/aromatic N) is 2. The van der Waals surface area contributed by atoms with Gasteiger partial charge in [-0.15, -0.1) is 0 Å². The van der Waals surface area contributed by atoms with E-state index in [0.717, 1.165) is 11.3 Å². The number of nitrogens with one attached hydrogen (secondary N) is 2. The maximum absolute atomic E-state index is 12.5. The summed E-state index contributed by atoms with van der Waals surface area (Å²) in [5.74, 6) is 0.274. The summed E-state index contributed by atoms with van der Waals surface area (Å²) in [6, 6.07) is 9.91. The molecule has 0 unspecified atom stereocenters. The van der Waals surface area contributed by atoms with Crippen LogP contribution in [0.15, 0.2) is 41.5 Å². The van der Waals surface area contributed by atoms with Gasteiger partial charge < -0.3 is 10.3 Å². The van der Waals surface area contributed by atoms with Gasteiger partial charge in [-0.25, -0.2) is 4.98 Å². The maximum Gasteiger partial charge on any atom is 0.254 e. The highest BCUT2D eigenvalue weighted by Crippen LogP contribution is 2.16. The number of rotatable bonds is 5. The monoisotopic (exact) mass is 340 g/mol. The van der Waals surface area contributed by atoms with Crippen molar-refractivity contribution in [2.75, 3.05) is 13.1 Å². The molecule has 0 radical (unpaired) electrons. The Morgan fingerprint density at radius 2 is 2.08 bits per heavy atom. The number of hydrogen-bond donors (Lipinski definition) is 2. The molecule has 6 nitrogen and oxygen atoms in total. The van der Waals surface area contributed by atoms with Crippen molar-refractivity contribution in [3.05, 3.63) is 63.8 Å². The predicted molar refractivity (Wildman–Crippen MR) is 96.3 cm³/mol. The minimum absolute atomic E-state index is 0.0103. The van der Waals surface area contributed by atoms with Crippen LogP contribution in [0.1, 0.15) is 36.6 Å². The van der Waals surface area contributed by atoms with Gasteiger partial charge in [0.2, 0.25) is 5.91 Å². The van der Waals surface area contributed by atoms with E-state index >= 15 is 0 Å². The van der Waals surface area contributed by atoms with Crippen molar-refractivity contribution in [1.82, 2.24) is 20.2 Å². The molecule has 2 aromatic rings. The first kappa shape index (κ1) is 17.4. The van der Waals surface area contributed by atoms with Gasteiger partial charge in [-0.2, -0.15) is 0 Å². The van der Waals surface area contributed by atoms with Gasteiger partial charge in [0.05, 0.1) is 18.1 Å². The second-order valence-corrected chi connectivity index (χ2v) is 6.61. The molecule has 1 aromatic heterocycles. The Kier molecular flexibility index (Phi) is 5.28. The van der Waals surface area contributed by atoms with Crippen molar-refractivity contribution in [3.63, 3.8) is 0 Å². The molecule has 1 aliphatic heterocycles. The van der Waals surface area contributed by atoms with Gasteiger partial charge in [0.25, 0.3) is 5.56 Å². The van der Waals surface area contributed by atoms with Crippen molar-refractivity contribution in [2.24, 2.45) is 0 Å². The van der Waals surface area contributed by atoms with Crippen molar-refractivity contribution in [2.45, 2.75) is 38.8 Å². The highest BCUT2D eigenvalue weighted by molar-refractivity contribution is 5.81. The minimum atomic E-state index is -0.253. The fourth-order valence-corrected chi connectivity index (χ4v) is 3.18. The van der Waals surface area contributed by atoms with Crippen molar-refractivity contribution in [3.8, 4) is 0 Å². The normalized spacial score (nSPS) is 16.7. The Morgan fingerprint density at radius 1 is 1.32 bits per heavy atom. The van der Waals surface area contributed by atoms with Crippen LogP contribution >= 0.6 is 0 Å². The van der Waals surface area contributed by atoms with Crippen LogP contribution in [0.3, 0.4) is 0 Å². The Labute approximate surface area is 147 Å². The summed E-state index contributed by atoms with van der Waals surface area (Å²) in [4.78, 5) is 33.2. The first-order chi connectivity index (χ1) is 12.1. The number of amides is 1. The molecule has 0 spiro atoms. The standard InChI is InChI=1S/C19H24N4O2/c1-13(15-6-4-3-5-7-15)10-20-18(24)14(2)23-9-8-16-17(11-23)21-12-22-19(16)25/h3-7,12-14H,8-11H2,1-2H3,(H,20,24)(H,21,22,25)/t13-,14-/m1/s1. The summed E-state index contributed by atoms with van der Waals surface area (Å²) in [5.41, 5.74) is 2.65. The van der Waals surface area contributed by atoms with Gasteiger partial charge in [0.1, 0.15) is 0 Å². The van der Waals surface area contributed by atoms with E-state index in [-0.39, 0.29) is 23.4 Å². The summed E-state index contributed by atoms with van der Waals surface area (Å²) < 4.78 is 0. The Hall–Kier alpha value is -2.47. The van der Waals surface area contributed by atoms with Crippen LogP contribution in [0.5, 0.6) is 0 Å². The molecule has 0 saturated heterocycles. The van der Waals surface area contributed by atoms with Crippen LogP contribution in [-0.2, 0) is 17.8 Å². The van der Waals surface area contributed by atoms with E-state index in [2.05, 4.69) is 39.2 Å². The van der Waals surface area contributed by atoms with E-state index in [4.69, 9.17) is 0 Å². The molecule has 6 heteroatoms. The predicted octanol–water partition coefficient (Wildman–Crippen LogP) is 1.44. The quantitative estimate of drug-likeness (QED) is 0.863. The SMILES string of the molecule is C[C@H](CNC(=O)[C@@H](C)N1CCc2c(nc[nH]c2=O)C1)c1ccccc1. The lowest BCUT2D eigenvalue weighted by Crippen LogP contribution is -2.48. The van der Waals surface area contributed by atoms with Crippen LogP contribution in [-0.4, -0.2) is 39.9 Å². The molecule has 1 aliphatic rings. The first-order valence-electron chi connectivity index (χ1n) is 8.68. The highest BCUT2D eigenvalue weighted by atomic mass is 16.2. The Bertz CT molecular complexity index is 788. The Balaban J connectivity index is 1.57. The van der Waals surface area contributed by atoms with Crippen LogP contribution in [0.25, 0.3) is 0 Å². The van der Waals surface area contributed by atoms with E-state index in [0.29, 0.717) is 26.1 Å². The van der Waals surface area contributed by atoms with Crippen LogP contribution in [0, 0.1) is 0 Å². The molecule has 0 saturated carbocycles.